The third kappa shape index (κ3) is 3.97. The van der Waals surface area contributed by atoms with Crippen LogP contribution in [0.4, 0.5) is 0 Å². The fourth-order valence-corrected chi connectivity index (χ4v) is 1.93. The maximum Gasteiger partial charge on any atom is 0.140 e. The first-order valence-corrected chi connectivity index (χ1v) is 5.97. The molecule has 0 spiro atoms. The normalized spacial score (nSPS) is 11.6. The Hall–Kier alpha value is -1.15. The van der Waals surface area contributed by atoms with E-state index in [9.17, 15) is 4.79 Å². The van der Waals surface area contributed by atoms with Crippen molar-refractivity contribution in [2.24, 2.45) is 0 Å². The fourth-order valence-electron chi connectivity index (χ4n) is 1.93. The van der Waals surface area contributed by atoms with Crippen molar-refractivity contribution in [1.82, 2.24) is 0 Å². The van der Waals surface area contributed by atoms with Crippen molar-refractivity contribution in [3.63, 3.8) is 0 Å². The van der Waals surface area contributed by atoms with Gasteiger partial charge in [0.2, 0.25) is 0 Å². The number of ether oxygens (including phenoxy) is 1. The minimum atomic E-state index is -0.367. The first-order valence-electron chi connectivity index (χ1n) is 5.97. The standard InChI is InChI=1S/C15H22O2/c1-11-7-6-8-12(2)14(11)9-13(16)10-15(3,4)17-5/h6-8H,9-10H2,1-5H3. The van der Waals surface area contributed by atoms with E-state index in [4.69, 9.17) is 4.74 Å². The Bertz CT molecular complexity index is 385. The second-order valence-corrected chi connectivity index (χ2v) is 5.23. The van der Waals surface area contributed by atoms with Crippen LogP contribution in [0.5, 0.6) is 0 Å². The van der Waals surface area contributed by atoms with Gasteiger partial charge in [0.15, 0.2) is 0 Å². The van der Waals surface area contributed by atoms with Gasteiger partial charge in [0.05, 0.1) is 5.60 Å². The predicted octanol–water partition coefficient (Wildman–Crippen LogP) is 3.23. The SMILES string of the molecule is COC(C)(C)CC(=O)Cc1c(C)cccc1C. The summed E-state index contributed by atoms with van der Waals surface area (Å²) in [4.78, 5) is 12.0. The number of hydrogen-bond acceptors (Lipinski definition) is 2. The quantitative estimate of drug-likeness (QED) is 0.782. The van der Waals surface area contributed by atoms with Crippen molar-refractivity contribution in [1.29, 1.82) is 0 Å². The molecule has 0 bridgehead atoms. The summed E-state index contributed by atoms with van der Waals surface area (Å²) in [5.74, 6) is 0.231. The Morgan fingerprint density at radius 1 is 1.24 bits per heavy atom. The molecule has 94 valence electrons. The number of rotatable bonds is 5. The van der Waals surface area contributed by atoms with E-state index < -0.39 is 0 Å². The largest absolute Gasteiger partial charge is 0.378 e. The number of methoxy groups -OCH3 is 1. The van der Waals surface area contributed by atoms with Crippen LogP contribution >= 0.6 is 0 Å². The smallest absolute Gasteiger partial charge is 0.140 e. The lowest BCUT2D eigenvalue weighted by Gasteiger charge is -2.22. The van der Waals surface area contributed by atoms with E-state index in [1.165, 1.54) is 11.1 Å². The van der Waals surface area contributed by atoms with E-state index in [1.54, 1.807) is 7.11 Å². The molecular formula is C15H22O2. The van der Waals surface area contributed by atoms with Crippen LogP contribution in [0.1, 0.15) is 37.0 Å². The van der Waals surface area contributed by atoms with Gasteiger partial charge >= 0.3 is 0 Å². The van der Waals surface area contributed by atoms with Crippen LogP contribution in [0.2, 0.25) is 0 Å². The predicted molar refractivity (Wildman–Crippen MR) is 70.3 cm³/mol. The van der Waals surface area contributed by atoms with Gasteiger partial charge in [-0.15, -0.1) is 0 Å². The number of aryl methyl sites for hydroxylation is 2. The van der Waals surface area contributed by atoms with Crippen LogP contribution in [0, 0.1) is 13.8 Å². The monoisotopic (exact) mass is 234 g/mol. The highest BCUT2D eigenvalue weighted by Crippen LogP contribution is 2.18. The van der Waals surface area contributed by atoms with E-state index in [-0.39, 0.29) is 11.4 Å². The van der Waals surface area contributed by atoms with Crippen molar-refractivity contribution in [3.8, 4) is 0 Å². The molecule has 0 N–H and O–H groups in total. The molecule has 0 saturated carbocycles. The van der Waals surface area contributed by atoms with Crippen molar-refractivity contribution in [2.75, 3.05) is 7.11 Å². The molecule has 0 atom stereocenters. The Labute approximate surface area is 104 Å². The van der Waals surface area contributed by atoms with Gasteiger partial charge in [0, 0.05) is 20.0 Å². The van der Waals surface area contributed by atoms with Crippen LogP contribution in [0.15, 0.2) is 18.2 Å². The van der Waals surface area contributed by atoms with Crippen LogP contribution < -0.4 is 0 Å². The van der Waals surface area contributed by atoms with Gasteiger partial charge in [-0.05, 0) is 44.4 Å². The number of hydrogen-bond donors (Lipinski definition) is 0. The molecule has 0 aliphatic rings. The van der Waals surface area contributed by atoms with Crippen molar-refractivity contribution >= 4 is 5.78 Å². The molecule has 0 aromatic heterocycles. The average Bonchev–Trinajstić information content (AvgIpc) is 2.23. The third-order valence-corrected chi connectivity index (χ3v) is 3.19. The van der Waals surface area contributed by atoms with Crippen LogP contribution in [-0.2, 0) is 16.0 Å². The number of benzene rings is 1. The molecule has 0 heterocycles. The summed E-state index contributed by atoms with van der Waals surface area (Å²) < 4.78 is 5.29. The maximum absolute atomic E-state index is 12.0. The zero-order valence-corrected chi connectivity index (χ0v) is 11.5. The van der Waals surface area contributed by atoms with Crippen LogP contribution in [0.25, 0.3) is 0 Å². The minimum absolute atomic E-state index is 0.231. The van der Waals surface area contributed by atoms with Gasteiger partial charge < -0.3 is 4.74 Å². The van der Waals surface area contributed by atoms with Crippen molar-refractivity contribution in [3.05, 3.63) is 34.9 Å². The molecule has 0 aliphatic carbocycles. The summed E-state index contributed by atoms with van der Waals surface area (Å²) in [6.45, 7) is 7.99. The van der Waals surface area contributed by atoms with E-state index in [1.807, 2.05) is 19.9 Å². The number of ketones is 1. The molecule has 0 aliphatic heterocycles. The molecule has 0 fully saturated rings. The molecular weight excluding hydrogens is 212 g/mol. The minimum Gasteiger partial charge on any atom is -0.378 e. The molecule has 0 unspecified atom stereocenters. The zero-order valence-electron chi connectivity index (χ0n) is 11.5. The highest BCUT2D eigenvalue weighted by atomic mass is 16.5. The lowest BCUT2D eigenvalue weighted by molar-refractivity contribution is -0.123. The highest BCUT2D eigenvalue weighted by molar-refractivity contribution is 5.82. The van der Waals surface area contributed by atoms with E-state index in [0.717, 1.165) is 5.56 Å². The van der Waals surface area contributed by atoms with Gasteiger partial charge in [-0.1, -0.05) is 18.2 Å². The molecule has 2 heteroatoms. The summed E-state index contributed by atoms with van der Waals surface area (Å²) in [7, 11) is 1.65. The van der Waals surface area contributed by atoms with E-state index >= 15 is 0 Å². The summed E-state index contributed by atoms with van der Waals surface area (Å²) in [5, 5.41) is 0. The summed E-state index contributed by atoms with van der Waals surface area (Å²) in [5.41, 5.74) is 3.17. The van der Waals surface area contributed by atoms with Crippen LogP contribution in [0.3, 0.4) is 0 Å². The van der Waals surface area contributed by atoms with Crippen molar-refractivity contribution < 1.29 is 9.53 Å². The molecule has 0 amide bonds. The first kappa shape index (κ1) is 13.9. The molecule has 0 saturated heterocycles. The summed E-state index contributed by atoms with van der Waals surface area (Å²) in [6, 6.07) is 6.13. The topological polar surface area (TPSA) is 26.3 Å². The van der Waals surface area contributed by atoms with Gasteiger partial charge in [-0.3, -0.25) is 4.79 Å². The Morgan fingerprint density at radius 3 is 2.24 bits per heavy atom. The van der Waals surface area contributed by atoms with Crippen LogP contribution in [-0.4, -0.2) is 18.5 Å². The summed E-state index contributed by atoms with van der Waals surface area (Å²) in [6.07, 6.45) is 0.961. The molecule has 1 rings (SSSR count). The van der Waals surface area contributed by atoms with Gasteiger partial charge in [0.1, 0.15) is 5.78 Å². The Balaban J connectivity index is 2.75. The lowest BCUT2D eigenvalue weighted by atomic mass is 9.93. The third-order valence-electron chi connectivity index (χ3n) is 3.19. The Kier molecular flexibility index (Phi) is 4.47. The molecule has 0 radical (unpaired) electrons. The second kappa shape index (κ2) is 5.46. The summed E-state index contributed by atoms with van der Waals surface area (Å²) >= 11 is 0. The lowest BCUT2D eigenvalue weighted by Crippen LogP contribution is -2.27. The molecule has 17 heavy (non-hydrogen) atoms. The highest BCUT2D eigenvalue weighted by Gasteiger charge is 2.21. The van der Waals surface area contributed by atoms with Gasteiger partial charge in [-0.2, -0.15) is 0 Å². The molecule has 1 aromatic rings. The second-order valence-electron chi connectivity index (χ2n) is 5.23. The first-order chi connectivity index (χ1) is 7.85. The van der Waals surface area contributed by atoms with Gasteiger partial charge in [0.25, 0.3) is 0 Å². The van der Waals surface area contributed by atoms with Gasteiger partial charge in [-0.25, -0.2) is 0 Å². The van der Waals surface area contributed by atoms with E-state index in [0.29, 0.717) is 12.8 Å². The number of Topliss-reactive ketones (excluding diaryl/α,β-unsaturated/α-hetero) is 1. The molecule has 1 aromatic carbocycles. The molecule has 2 nitrogen and oxygen atoms in total. The number of carbonyl (C=O) groups is 1. The number of carbonyl (C=O) groups excluding carboxylic acids is 1. The average molecular weight is 234 g/mol. The zero-order chi connectivity index (χ0) is 13.1. The van der Waals surface area contributed by atoms with E-state index in [2.05, 4.69) is 26.0 Å². The fraction of sp³-hybridized carbons (Fsp3) is 0.533. The maximum atomic E-state index is 12.0. The van der Waals surface area contributed by atoms with Crippen molar-refractivity contribution in [2.45, 2.75) is 46.1 Å². The Morgan fingerprint density at radius 2 is 1.76 bits per heavy atom.